The third-order valence-electron chi connectivity index (χ3n) is 2.91. The summed E-state index contributed by atoms with van der Waals surface area (Å²) in [6.45, 7) is 5.82. The molecule has 0 saturated heterocycles. The van der Waals surface area contributed by atoms with Gasteiger partial charge in [0.05, 0.1) is 6.54 Å². The van der Waals surface area contributed by atoms with Crippen LogP contribution in [0.15, 0.2) is 22.7 Å². The maximum Gasteiger partial charge on any atom is 0.139 e. The Balaban J connectivity index is 2.47. The van der Waals surface area contributed by atoms with Gasteiger partial charge in [0.2, 0.25) is 0 Å². The average molecular weight is 268 g/mol. The standard InChI is InChI=1S/C12H14BrNO/c1-12(2)8-14(5-6-15)11-4-3-9(13)7-10(11)12/h3-4,6-7H,5,8H2,1-2H3. The molecular formula is C12H14BrNO. The van der Waals surface area contributed by atoms with Crippen LogP contribution in [-0.2, 0) is 10.2 Å². The van der Waals surface area contributed by atoms with Gasteiger partial charge in [-0.2, -0.15) is 0 Å². The third-order valence-corrected chi connectivity index (χ3v) is 3.40. The minimum atomic E-state index is 0.127. The van der Waals surface area contributed by atoms with E-state index in [1.165, 1.54) is 11.3 Å². The number of anilines is 1. The van der Waals surface area contributed by atoms with Gasteiger partial charge in [-0.15, -0.1) is 0 Å². The highest BCUT2D eigenvalue weighted by molar-refractivity contribution is 9.10. The van der Waals surface area contributed by atoms with Gasteiger partial charge in [-0.25, -0.2) is 0 Å². The van der Waals surface area contributed by atoms with Crippen LogP contribution >= 0.6 is 15.9 Å². The topological polar surface area (TPSA) is 20.3 Å². The van der Waals surface area contributed by atoms with Crippen LogP contribution in [0.1, 0.15) is 19.4 Å². The molecule has 0 fully saturated rings. The summed E-state index contributed by atoms with van der Waals surface area (Å²) in [6, 6.07) is 6.26. The highest BCUT2D eigenvalue weighted by Crippen LogP contribution is 2.41. The summed E-state index contributed by atoms with van der Waals surface area (Å²) in [5.41, 5.74) is 2.64. The molecule has 0 atom stereocenters. The number of nitrogens with zero attached hydrogens (tertiary/aromatic N) is 1. The molecule has 0 spiro atoms. The largest absolute Gasteiger partial charge is 0.363 e. The zero-order chi connectivity index (χ0) is 11.1. The Kier molecular flexibility index (Phi) is 2.59. The van der Waals surface area contributed by atoms with Crippen LogP contribution in [-0.4, -0.2) is 19.4 Å². The summed E-state index contributed by atoms with van der Waals surface area (Å²) in [5.74, 6) is 0. The van der Waals surface area contributed by atoms with Gasteiger partial charge in [0, 0.05) is 22.1 Å². The molecule has 0 unspecified atom stereocenters. The van der Waals surface area contributed by atoms with Gasteiger partial charge in [-0.1, -0.05) is 29.8 Å². The van der Waals surface area contributed by atoms with E-state index in [1.807, 2.05) is 6.07 Å². The SMILES string of the molecule is CC1(C)CN(CC=O)c2ccc(Br)cc21. The summed E-state index contributed by atoms with van der Waals surface area (Å²) in [5, 5.41) is 0. The lowest BCUT2D eigenvalue weighted by Gasteiger charge is -2.20. The van der Waals surface area contributed by atoms with Gasteiger partial charge in [0.15, 0.2) is 0 Å². The van der Waals surface area contributed by atoms with Crippen molar-refractivity contribution in [2.24, 2.45) is 0 Å². The molecule has 1 aliphatic heterocycles. The molecule has 80 valence electrons. The van der Waals surface area contributed by atoms with E-state index in [1.54, 1.807) is 0 Å². The Hall–Kier alpha value is -0.830. The van der Waals surface area contributed by atoms with E-state index in [-0.39, 0.29) is 5.41 Å². The minimum Gasteiger partial charge on any atom is -0.363 e. The van der Waals surface area contributed by atoms with Gasteiger partial charge in [0.25, 0.3) is 0 Å². The smallest absolute Gasteiger partial charge is 0.139 e. The Bertz CT molecular complexity index is 401. The quantitative estimate of drug-likeness (QED) is 0.769. The molecule has 1 aromatic rings. The number of carbonyl (C=O) groups excluding carboxylic acids is 1. The van der Waals surface area contributed by atoms with Crippen molar-refractivity contribution in [3.05, 3.63) is 28.2 Å². The fraction of sp³-hybridized carbons (Fsp3) is 0.417. The van der Waals surface area contributed by atoms with Crippen LogP contribution < -0.4 is 4.90 Å². The Morgan fingerprint density at radius 1 is 1.53 bits per heavy atom. The maximum atomic E-state index is 10.6. The van der Waals surface area contributed by atoms with Gasteiger partial charge in [0.1, 0.15) is 6.29 Å². The van der Waals surface area contributed by atoms with Crippen molar-refractivity contribution < 1.29 is 4.79 Å². The second-order valence-corrected chi connectivity index (χ2v) is 5.51. The Labute approximate surface area is 98.4 Å². The number of fused-ring (bicyclic) bond motifs is 1. The van der Waals surface area contributed by atoms with E-state index >= 15 is 0 Å². The monoisotopic (exact) mass is 267 g/mol. The summed E-state index contributed by atoms with van der Waals surface area (Å²) < 4.78 is 1.10. The molecule has 3 heteroatoms. The van der Waals surface area contributed by atoms with Crippen molar-refractivity contribution in [2.75, 3.05) is 18.0 Å². The maximum absolute atomic E-state index is 10.6. The summed E-state index contributed by atoms with van der Waals surface area (Å²) in [6.07, 6.45) is 0.966. The number of rotatable bonds is 2. The highest BCUT2D eigenvalue weighted by atomic mass is 79.9. The average Bonchev–Trinajstić information content (AvgIpc) is 2.39. The summed E-state index contributed by atoms with van der Waals surface area (Å²) in [7, 11) is 0. The van der Waals surface area contributed by atoms with Crippen molar-refractivity contribution in [1.29, 1.82) is 0 Å². The zero-order valence-electron chi connectivity index (χ0n) is 8.96. The minimum absolute atomic E-state index is 0.127. The number of halogens is 1. The highest BCUT2D eigenvalue weighted by Gasteiger charge is 2.34. The predicted octanol–water partition coefficient (Wildman–Crippen LogP) is 2.75. The number of benzene rings is 1. The fourth-order valence-corrected chi connectivity index (χ4v) is 2.59. The Morgan fingerprint density at radius 2 is 2.27 bits per heavy atom. The number of aldehydes is 1. The van der Waals surface area contributed by atoms with Crippen molar-refractivity contribution >= 4 is 27.9 Å². The van der Waals surface area contributed by atoms with Gasteiger partial charge >= 0.3 is 0 Å². The summed E-state index contributed by atoms with van der Waals surface area (Å²) in [4.78, 5) is 12.7. The normalized spacial score (nSPS) is 17.7. The second kappa shape index (κ2) is 3.63. The van der Waals surface area contributed by atoms with Crippen LogP contribution in [0.3, 0.4) is 0 Å². The van der Waals surface area contributed by atoms with E-state index < -0.39 is 0 Å². The zero-order valence-corrected chi connectivity index (χ0v) is 10.5. The molecule has 0 bridgehead atoms. The van der Waals surface area contributed by atoms with E-state index in [0.29, 0.717) is 6.54 Å². The van der Waals surface area contributed by atoms with Gasteiger partial charge in [-0.3, -0.25) is 0 Å². The molecule has 15 heavy (non-hydrogen) atoms. The van der Waals surface area contributed by atoms with Crippen LogP contribution in [0.4, 0.5) is 5.69 Å². The molecular weight excluding hydrogens is 254 g/mol. The molecule has 1 aromatic carbocycles. The molecule has 1 heterocycles. The lowest BCUT2D eigenvalue weighted by molar-refractivity contribution is -0.106. The molecule has 1 aliphatic rings. The van der Waals surface area contributed by atoms with Crippen LogP contribution in [0.5, 0.6) is 0 Å². The first-order chi connectivity index (χ1) is 7.04. The lowest BCUT2D eigenvalue weighted by Crippen LogP contribution is -2.29. The number of hydrogen-bond acceptors (Lipinski definition) is 2. The van der Waals surface area contributed by atoms with Crippen LogP contribution in [0, 0.1) is 0 Å². The Morgan fingerprint density at radius 3 is 2.93 bits per heavy atom. The van der Waals surface area contributed by atoms with Gasteiger partial charge in [-0.05, 0) is 23.8 Å². The van der Waals surface area contributed by atoms with Gasteiger partial charge < -0.3 is 9.69 Å². The second-order valence-electron chi connectivity index (χ2n) is 4.59. The molecule has 0 N–H and O–H groups in total. The molecule has 0 amide bonds. The van der Waals surface area contributed by atoms with Crippen molar-refractivity contribution in [1.82, 2.24) is 0 Å². The van der Waals surface area contributed by atoms with Crippen LogP contribution in [0.2, 0.25) is 0 Å². The first-order valence-electron chi connectivity index (χ1n) is 5.03. The molecule has 2 nitrogen and oxygen atoms in total. The van der Waals surface area contributed by atoms with E-state index in [2.05, 4.69) is 46.8 Å². The molecule has 2 rings (SSSR count). The van der Waals surface area contributed by atoms with E-state index in [0.717, 1.165) is 17.3 Å². The third kappa shape index (κ3) is 1.81. The summed E-state index contributed by atoms with van der Waals surface area (Å²) >= 11 is 3.49. The molecule has 0 aliphatic carbocycles. The molecule has 0 aromatic heterocycles. The van der Waals surface area contributed by atoms with E-state index in [4.69, 9.17) is 0 Å². The molecule has 0 radical (unpaired) electrons. The number of carbonyl (C=O) groups is 1. The predicted molar refractivity (Wildman–Crippen MR) is 65.4 cm³/mol. The first kappa shape index (κ1) is 10.7. The van der Waals surface area contributed by atoms with Crippen molar-refractivity contribution in [2.45, 2.75) is 19.3 Å². The fourth-order valence-electron chi connectivity index (χ4n) is 2.23. The first-order valence-corrected chi connectivity index (χ1v) is 5.82. The van der Waals surface area contributed by atoms with E-state index in [9.17, 15) is 4.79 Å². The molecule has 0 saturated carbocycles. The lowest BCUT2D eigenvalue weighted by atomic mass is 9.87. The number of hydrogen-bond donors (Lipinski definition) is 0. The van der Waals surface area contributed by atoms with Crippen molar-refractivity contribution in [3.8, 4) is 0 Å². The van der Waals surface area contributed by atoms with Crippen molar-refractivity contribution in [3.63, 3.8) is 0 Å². The van der Waals surface area contributed by atoms with Crippen LogP contribution in [0.25, 0.3) is 0 Å².